The van der Waals surface area contributed by atoms with Crippen molar-refractivity contribution in [3.05, 3.63) is 23.8 Å². The van der Waals surface area contributed by atoms with Gasteiger partial charge in [-0.3, -0.25) is 4.79 Å². The van der Waals surface area contributed by atoms with E-state index in [9.17, 15) is 9.90 Å². The summed E-state index contributed by atoms with van der Waals surface area (Å²) in [5, 5.41) is 12.2. The number of ether oxygens (including phenoxy) is 1. The third kappa shape index (κ3) is 6.14. The number of anilines is 1. The highest BCUT2D eigenvalue weighted by molar-refractivity contribution is 5.90. The van der Waals surface area contributed by atoms with Crippen LogP contribution in [0.25, 0.3) is 0 Å². The Kier molecular flexibility index (Phi) is 7.79. The van der Waals surface area contributed by atoms with Crippen molar-refractivity contribution in [2.45, 2.75) is 39.7 Å². The lowest BCUT2D eigenvalue weighted by molar-refractivity contribution is -0.116. The first-order chi connectivity index (χ1) is 10.1. The quantitative estimate of drug-likeness (QED) is 0.652. The molecule has 1 unspecified atom stereocenters. The Hall–Kier alpha value is -1.59. The first kappa shape index (κ1) is 17.5. The van der Waals surface area contributed by atoms with E-state index in [1.165, 1.54) is 0 Å². The Morgan fingerprint density at radius 2 is 2.19 bits per heavy atom. The minimum Gasteiger partial charge on any atom is -0.494 e. The van der Waals surface area contributed by atoms with Crippen molar-refractivity contribution in [2.24, 2.45) is 11.7 Å². The number of aliphatic hydroxyl groups is 1. The molecule has 5 nitrogen and oxygen atoms in total. The lowest BCUT2D eigenvalue weighted by Crippen LogP contribution is -2.14. The van der Waals surface area contributed by atoms with E-state index in [1.807, 2.05) is 6.92 Å². The highest BCUT2D eigenvalue weighted by Gasteiger charge is 2.09. The molecule has 0 saturated carbocycles. The van der Waals surface area contributed by atoms with Crippen molar-refractivity contribution in [3.63, 3.8) is 0 Å². The fourth-order valence-electron chi connectivity index (χ4n) is 2.11. The first-order valence-corrected chi connectivity index (χ1v) is 7.47. The van der Waals surface area contributed by atoms with Gasteiger partial charge in [0, 0.05) is 17.7 Å². The second-order valence-corrected chi connectivity index (χ2v) is 5.18. The minimum atomic E-state index is -0.118. The molecule has 4 N–H and O–H groups in total. The number of nitrogens with one attached hydrogen (secondary N) is 1. The Labute approximate surface area is 126 Å². The molecule has 0 heterocycles. The monoisotopic (exact) mass is 294 g/mol. The largest absolute Gasteiger partial charge is 0.494 e. The summed E-state index contributed by atoms with van der Waals surface area (Å²) in [6, 6.07) is 5.29. The molecule has 0 aliphatic carbocycles. The zero-order chi connectivity index (χ0) is 15.7. The summed E-state index contributed by atoms with van der Waals surface area (Å²) >= 11 is 0. The summed E-state index contributed by atoms with van der Waals surface area (Å²) in [4.78, 5) is 11.9. The summed E-state index contributed by atoms with van der Waals surface area (Å²) in [7, 11) is 0. The second-order valence-electron chi connectivity index (χ2n) is 5.18. The van der Waals surface area contributed by atoms with E-state index < -0.39 is 0 Å². The van der Waals surface area contributed by atoms with Gasteiger partial charge in [-0.1, -0.05) is 6.92 Å². The summed E-state index contributed by atoms with van der Waals surface area (Å²) in [6.45, 7) is 5.06. The first-order valence-electron chi connectivity index (χ1n) is 7.47. The van der Waals surface area contributed by atoms with Crippen LogP contribution in [0.3, 0.4) is 0 Å². The predicted molar refractivity (Wildman–Crippen MR) is 84.2 cm³/mol. The lowest BCUT2D eigenvalue weighted by Gasteiger charge is -2.12. The number of amides is 1. The molecule has 1 rings (SSSR count). The molecule has 0 saturated heterocycles. The van der Waals surface area contributed by atoms with E-state index in [1.54, 1.807) is 18.2 Å². The second kappa shape index (κ2) is 9.37. The summed E-state index contributed by atoms with van der Waals surface area (Å²) < 4.78 is 5.41. The molecule has 1 amide bonds. The maximum Gasteiger partial charge on any atom is 0.224 e. The van der Waals surface area contributed by atoms with E-state index in [0.717, 1.165) is 12.8 Å². The maximum absolute atomic E-state index is 11.9. The van der Waals surface area contributed by atoms with Crippen molar-refractivity contribution in [3.8, 4) is 5.75 Å². The van der Waals surface area contributed by atoms with Crippen LogP contribution in [-0.4, -0.2) is 24.2 Å². The number of carbonyl (C=O) groups excluding carboxylic acids is 1. The molecule has 118 valence electrons. The number of hydrogen-bond acceptors (Lipinski definition) is 4. The number of rotatable bonds is 9. The molecule has 5 heteroatoms. The number of aliphatic hydroxyl groups excluding tert-OH is 1. The van der Waals surface area contributed by atoms with Crippen molar-refractivity contribution < 1.29 is 14.6 Å². The minimum absolute atomic E-state index is 0.0214. The SMILES string of the molecule is CCOc1ccc(NC(=O)CCC(C)CCN)cc1CO. The fraction of sp³-hybridized carbons (Fsp3) is 0.562. The highest BCUT2D eigenvalue weighted by atomic mass is 16.5. The van der Waals surface area contributed by atoms with E-state index >= 15 is 0 Å². The number of hydrogen-bond donors (Lipinski definition) is 3. The molecule has 0 radical (unpaired) electrons. The zero-order valence-electron chi connectivity index (χ0n) is 12.9. The molecule has 1 atom stereocenters. The van der Waals surface area contributed by atoms with Crippen LogP contribution in [0, 0.1) is 5.92 Å². The standard InChI is InChI=1S/C16H26N2O3/c1-3-21-15-6-5-14(10-13(15)11-19)18-16(20)7-4-12(2)8-9-17/h5-6,10,12,19H,3-4,7-9,11,17H2,1-2H3,(H,18,20). The molecule has 0 aromatic heterocycles. The van der Waals surface area contributed by atoms with E-state index in [0.29, 0.717) is 42.5 Å². The van der Waals surface area contributed by atoms with Crippen LogP contribution in [-0.2, 0) is 11.4 Å². The van der Waals surface area contributed by atoms with Gasteiger partial charge >= 0.3 is 0 Å². The molecule has 0 aliphatic heterocycles. The van der Waals surface area contributed by atoms with Crippen LogP contribution in [0.5, 0.6) is 5.75 Å². The van der Waals surface area contributed by atoms with Crippen LogP contribution < -0.4 is 15.8 Å². The van der Waals surface area contributed by atoms with Gasteiger partial charge in [-0.25, -0.2) is 0 Å². The van der Waals surface area contributed by atoms with E-state index in [2.05, 4.69) is 12.2 Å². The van der Waals surface area contributed by atoms with Gasteiger partial charge < -0.3 is 20.9 Å². The Balaban J connectivity index is 2.56. The number of benzene rings is 1. The number of nitrogens with two attached hydrogens (primary N) is 1. The predicted octanol–water partition coefficient (Wildman–Crippen LogP) is 2.28. The van der Waals surface area contributed by atoms with Crippen LogP contribution in [0.2, 0.25) is 0 Å². The van der Waals surface area contributed by atoms with Gasteiger partial charge in [-0.05, 0) is 50.4 Å². The van der Waals surface area contributed by atoms with Gasteiger partial charge in [0.15, 0.2) is 0 Å². The van der Waals surface area contributed by atoms with Crippen molar-refractivity contribution >= 4 is 11.6 Å². The molecule has 1 aromatic carbocycles. The normalized spacial score (nSPS) is 12.0. The maximum atomic E-state index is 11.9. The van der Waals surface area contributed by atoms with Crippen LogP contribution in [0.4, 0.5) is 5.69 Å². The lowest BCUT2D eigenvalue weighted by atomic mass is 10.0. The molecule has 21 heavy (non-hydrogen) atoms. The topological polar surface area (TPSA) is 84.6 Å². The van der Waals surface area contributed by atoms with E-state index in [-0.39, 0.29) is 12.5 Å². The average molecular weight is 294 g/mol. The molecule has 0 fully saturated rings. The zero-order valence-corrected chi connectivity index (χ0v) is 12.9. The average Bonchev–Trinajstić information content (AvgIpc) is 2.47. The fourth-order valence-corrected chi connectivity index (χ4v) is 2.11. The van der Waals surface area contributed by atoms with Gasteiger partial charge in [-0.15, -0.1) is 0 Å². The van der Waals surface area contributed by atoms with Crippen molar-refractivity contribution in [2.75, 3.05) is 18.5 Å². The number of carbonyl (C=O) groups is 1. The van der Waals surface area contributed by atoms with Crippen molar-refractivity contribution in [1.82, 2.24) is 0 Å². The smallest absolute Gasteiger partial charge is 0.224 e. The van der Waals surface area contributed by atoms with Gasteiger partial charge in [0.1, 0.15) is 5.75 Å². The Morgan fingerprint density at radius 1 is 1.43 bits per heavy atom. The van der Waals surface area contributed by atoms with Crippen LogP contribution in [0.1, 0.15) is 38.7 Å². The summed E-state index contributed by atoms with van der Waals surface area (Å²) in [6.07, 6.45) is 2.24. The summed E-state index contributed by atoms with van der Waals surface area (Å²) in [5.41, 5.74) is 6.85. The molecule has 0 bridgehead atoms. The van der Waals surface area contributed by atoms with Gasteiger partial charge in [-0.2, -0.15) is 0 Å². The van der Waals surface area contributed by atoms with Crippen LogP contribution in [0.15, 0.2) is 18.2 Å². The third-order valence-electron chi connectivity index (χ3n) is 3.34. The Bertz CT molecular complexity index is 449. The van der Waals surface area contributed by atoms with E-state index in [4.69, 9.17) is 10.5 Å². The molecular weight excluding hydrogens is 268 g/mol. The molecule has 1 aromatic rings. The Morgan fingerprint density at radius 3 is 2.81 bits per heavy atom. The van der Waals surface area contributed by atoms with Gasteiger partial charge in [0.25, 0.3) is 0 Å². The molecular formula is C16H26N2O3. The molecule has 0 aliphatic rings. The van der Waals surface area contributed by atoms with Crippen molar-refractivity contribution in [1.29, 1.82) is 0 Å². The van der Waals surface area contributed by atoms with Gasteiger partial charge in [0.05, 0.1) is 13.2 Å². The van der Waals surface area contributed by atoms with Gasteiger partial charge in [0.2, 0.25) is 5.91 Å². The van der Waals surface area contributed by atoms with Crippen LogP contribution >= 0.6 is 0 Å². The summed E-state index contributed by atoms with van der Waals surface area (Å²) in [5.74, 6) is 1.08. The molecule has 0 spiro atoms. The third-order valence-corrected chi connectivity index (χ3v) is 3.34. The highest BCUT2D eigenvalue weighted by Crippen LogP contribution is 2.23.